The predicted octanol–water partition coefficient (Wildman–Crippen LogP) is 4.42. The van der Waals surface area contributed by atoms with Crippen molar-refractivity contribution in [3.05, 3.63) is 108 Å². The first-order valence-corrected chi connectivity index (χ1v) is 7.71. The molecule has 0 saturated carbocycles. The Morgan fingerprint density at radius 2 is 1.50 bits per heavy atom. The van der Waals surface area contributed by atoms with Crippen LogP contribution in [0.4, 0.5) is 0 Å². The molecular weight excluding hydrogens is 300 g/mol. The maximum atomic E-state index is 12.2. The average Bonchev–Trinajstić information content (AvgIpc) is 2.62. The van der Waals surface area contributed by atoms with E-state index in [-0.39, 0.29) is 19.2 Å². The molecular formula is C21H20O3. The summed E-state index contributed by atoms with van der Waals surface area (Å²) in [5, 5.41) is 0. The Kier molecular flexibility index (Phi) is 7.65. The highest BCUT2D eigenvalue weighted by Gasteiger charge is 2.10. The second-order valence-electron chi connectivity index (χ2n) is 4.93. The van der Waals surface area contributed by atoms with E-state index in [9.17, 15) is 4.79 Å². The van der Waals surface area contributed by atoms with Gasteiger partial charge in [0.15, 0.2) is 0 Å². The highest BCUT2D eigenvalue weighted by molar-refractivity contribution is 5.89. The van der Waals surface area contributed by atoms with Gasteiger partial charge >= 0.3 is 5.97 Å². The minimum atomic E-state index is -0.386. The van der Waals surface area contributed by atoms with Crippen molar-refractivity contribution in [3.63, 3.8) is 0 Å². The van der Waals surface area contributed by atoms with Crippen molar-refractivity contribution in [2.45, 2.75) is 6.61 Å². The van der Waals surface area contributed by atoms with Gasteiger partial charge in [-0.2, -0.15) is 0 Å². The van der Waals surface area contributed by atoms with E-state index in [0.717, 1.165) is 5.56 Å². The summed E-state index contributed by atoms with van der Waals surface area (Å²) in [5.74, 6) is -0.386. The third-order valence-electron chi connectivity index (χ3n) is 3.07. The van der Waals surface area contributed by atoms with E-state index in [1.54, 1.807) is 24.5 Å². The van der Waals surface area contributed by atoms with E-state index in [2.05, 4.69) is 0 Å². The van der Waals surface area contributed by atoms with Crippen LogP contribution in [0.2, 0.25) is 0 Å². The molecule has 0 saturated heterocycles. The summed E-state index contributed by atoms with van der Waals surface area (Å²) in [7, 11) is 0. The summed E-state index contributed by atoms with van der Waals surface area (Å²) in [4.78, 5) is 12.2. The van der Waals surface area contributed by atoms with Gasteiger partial charge in [0.05, 0.1) is 11.8 Å². The van der Waals surface area contributed by atoms with Crippen LogP contribution < -0.4 is 0 Å². The van der Waals surface area contributed by atoms with Gasteiger partial charge in [0, 0.05) is 0 Å². The van der Waals surface area contributed by atoms with E-state index in [1.165, 1.54) is 0 Å². The number of carbonyl (C=O) groups is 1. The Morgan fingerprint density at radius 1 is 0.875 bits per heavy atom. The molecule has 0 aromatic heterocycles. The summed E-state index contributed by atoms with van der Waals surface area (Å²) in [6.07, 6.45) is 20.0. The van der Waals surface area contributed by atoms with Crippen molar-refractivity contribution in [1.82, 2.24) is 0 Å². The molecule has 0 atom stereocenters. The standard InChI is InChI=1S/C21H20O3/c22-21(24-17-19-13-9-8-10-14-19)20-15-11-6-4-2-1-3-5-7-12-16-23-18-20/h1-16H,17-18H2. The van der Waals surface area contributed by atoms with Gasteiger partial charge in [-0.3, -0.25) is 0 Å². The van der Waals surface area contributed by atoms with E-state index >= 15 is 0 Å². The fourth-order valence-corrected chi connectivity index (χ4v) is 1.85. The van der Waals surface area contributed by atoms with E-state index in [0.29, 0.717) is 5.57 Å². The summed E-state index contributed by atoms with van der Waals surface area (Å²) >= 11 is 0. The van der Waals surface area contributed by atoms with Crippen LogP contribution in [-0.4, -0.2) is 12.6 Å². The first-order valence-electron chi connectivity index (χ1n) is 7.71. The van der Waals surface area contributed by atoms with Crippen LogP contribution in [0.5, 0.6) is 0 Å². The Bertz CT molecular complexity index is 689. The molecule has 2 rings (SSSR count). The van der Waals surface area contributed by atoms with Crippen LogP contribution in [0.1, 0.15) is 5.56 Å². The zero-order chi connectivity index (χ0) is 16.9. The van der Waals surface area contributed by atoms with E-state index in [1.807, 2.05) is 72.9 Å². The Balaban J connectivity index is 2.01. The number of ether oxygens (including phenoxy) is 2. The molecule has 0 radical (unpaired) electrons. The van der Waals surface area contributed by atoms with Crippen molar-refractivity contribution in [2.75, 3.05) is 6.61 Å². The molecule has 0 spiro atoms. The SMILES string of the molecule is O=C(OCc1ccccc1)C1=CC=CC=CC=CC=CC=COC1. The Morgan fingerprint density at radius 3 is 2.21 bits per heavy atom. The Labute approximate surface area is 142 Å². The largest absolute Gasteiger partial charge is 0.496 e. The molecule has 1 aliphatic rings. The van der Waals surface area contributed by atoms with Crippen molar-refractivity contribution in [1.29, 1.82) is 0 Å². The molecule has 122 valence electrons. The van der Waals surface area contributed by atoms with Gasteiger partial charge in [-0.25, -0.2) is 4.79 Å². The number of hydrogen-bond acceptors (Lipinski definition) is 3. The number of esters is 1. The topological polar surface area (TPSA) is 35.5 Å². The zero-order valence-electron chi connectivity index (χ0n) is 13.4. The lowest BCUT2D eigenvalue weighted by Crippen LogP contribution is -2.11. The number of carbonyl (C=O) groups excluding carboxylic acids is 1. The molecule has 0 amide bonds. The quantitative estimate of drug-likeness (QED) is 0.773. The van der Waals surface area contributed by atoms with Crippen LogP contribution in [0, 0.1) is 0 Å². The summed E-state index contributed by atoms with van der Waals surface area (Å²) in [5.41, 5.74) is 1.40. The second-order valence-corrected chi connectivity index (χ2v) is 4.93. The van der Waals surface area contributed by atoms with Crippen molar-refractivity contribution >= 4 is 5.97 Å². The summed E-state index contributed by atoms with van der Waals surface area (Å²) in [6.45, 7) is 0.395. The number of allylic oxidation sites excluding steroid dienone is 10. The molecule has 3 nitrogen and oxygen atoms in total. The first-order chi connectivity index (χ1) is 11.9. The van der Waals surface area contributed by atoms with E-state index < -0.39 is 0 Å². The van der Waals surface area contributed by atoms with Gasteiger partial charge in [-0.05, 0) is 17.7 Å². The lowest BCUT2D eigenvalue weighted by molar-refractivity contribution is -0.140. The fourth-order valence-electron chi connectivity index (χ4n) is 1.85. The van der Waals surface area contributed by atoms with Crippen molar-refractivity contribution in [2.24, 2.45) is 0 Å². The first kappa shape index (κ1) is 17.3. The monoisotopic (exact) mass is 320 g/mol. The predicted molar refractivity (Wildman–Crippen MR) is 96.0 cm³/mol. The lowest BCUT2D eigenvalue weighted by Gasteiger charge is -2.08. The molecule has 24 heavy (non-hydrogen) atoms. The summed E-state index contributed by atoms with van der Waals surface area (Å²) < 4.78 is 10.7. The summed E-state index contributed by atoms with van der Waals surface area (Å²) in [6, 6.07) is 9.58. The third-order valence-corrected chi connectivity index (χ3v) is 3.07. The van der Waals surface area contributed by atoms with Gasteiger partial charge in [0.2, 0.25) is 0 Å². The molecule has 0 aliphatic carbocycles. The van der Waals surface area contributed by atoms with Gasteiger partial charge in [0.1, 0.15) is 13.2 Å². The average molecular weight is 320 g/mol. The van der Waals surface area contributed by atoms with Crippen molar-refractivity contribution in [3.8, 4) is 0 Å². The highest BCUT2D eigenvalue weighted by Crippen LogP contribution is 2.06. The Hall–Kier alpha value is -3.07. The minimum absolute atomic E-state index is 0.155. The third kappa shape index (κ3) is 6.79. The maximum Gasteiger partial charge on any atom is 0.337 e. The zero-order valence-corrected chi connectivity index (χ0v) is 13.4. The molecule has 1 heterocycles. The van der Waals surface area contributed by atoms with Crippen LogP contribution in [0.3, 0.4) is 0 Å². The maximum absolute atomic E-state index is 12.2. The van der Waals surface area contributed by atoms with Gasteiger partial charge < -0.3 is 9.47 Å². The minimum Gasteiger partial charge on any atom is -0.496 e. The van der Waals surface area contributed by atoms with Gasteiger partial charge in [-0.1, -0.05) is 78.9 Å². The molecule has 1 aromatic carbocycles. The van der Waals surface area contributed by atoms with Gasteiger partial charge in [-0.15, -0.1) is 0 Å². The molecule has 3 heteroatoms. The van der Waals surface area contributed by atoms with E-state index in [4.69, 9.17) is 9.47 Å². The smallest absolute Gasteiger partial charge is 0.337 e. The molecule has 0 fully saturated rings. The highest BCUT2D eigenvalue weighted by atomic mass is 16.5. The molecule has 1 aromatic rings. The molecule has 0 unspecified atom stereocenters. The molecule has 0 N–H and O–H groups in total. The second kappa shape index (κ2) is 10.6. The van der Waals surface area contributed by atoms with Crippen LogP contribution in [0.25, 0.3) is 0 Å². The molecule has 0 bridgehead atoms. The fraction of sp³-hybridized carbons (Fsp3) is 0.0952. The van der Waals surface area contributed by atoms with Crippen LogP contribution >= 0.6 is 0 Å². The van der Waals surface area contributed by atoms with Gasteiger partial charge in [0.25, 0.3) is 0 Å². The molecule has 1 aliphatic heterocycles. The number of hydrogen-bond donors (Lipinski definition) is 0. The van der Waals surface area contributed by atoms with Crippen molar-refractivity contribution < 1.29 is 14.3 Å². The van der Waals surface area contributed by atoms with Crippen LogP contribution in [0.15, 0.2) is 103 Å². The lowest BCUT2D eigenvalue weighted by atomic mass is 10.2. The normalized spacial score (nSPS) is 14.6. The number of rotatable bonds is 3. The number of benzene rings is 1. The van der Waals surface area contributed by atoms with Crippen LogP contribution in [-0.2, 0) is 20.9 Å².